The van der Waals surface area contributed by atoms with Crippen LogP contribution in [-0.4, -0.2) is 38.3 Å². The minimum atomic E-state index is -0.0617. The average Bonchev–Trinajstić information content (AvgIpc) is 3.19. The van der Waals surface area contributed by atoms with Gasteiger partial charge in [0.25, 0.3) is 0 Å². The van der Waals surface area contributed by atoms with E-state index in [0.29, 0.717) is 19.6 Å². The molecule has 0 saturated heterocycles. The lowest BCUT2D eigenvalue weighted by molar-refractivity contribution is -0.121. The van der Waals surface area contributed by atoms with E-state index in [1.54, 1.807) is 14.2 Å². The third-order valence-corrected chi connectivity index (χ3v) is 5.32. The first kappa shape index (κ1) is 20.9. The molecular formula is C24H30N2O3. The number of ether oxygens (including phenoxy) is 2. The van der Waals surface area contributed by atoms with Gasteiger partial charge in [-0.1, -0.05) is 37.3 Å². The quantitative estimate of drug-likeness (QED) is 0.501. The molecule has 1 atom stereocenters. The number of benzene rings is 2. The van der Waals surface area contributed by atoms with Crippen LogP contribution in [0, 0.1) is 0 Å². The van der Waals surface area contributed by atoms with Crippen LogP contribution in [-0.2, 0) is 16.0 Å². The summed E-state index contributed by atoms with van der Waals surface area (Å²) in [7, 11) is 3.33. The Labute approximate surface area is 172 Å². The van der Waals surface area contributed by atoms with E-state index in [2.05, 4.69) is 41.5 Å². The van der Waals surface area contributed by atoms with E-state index < -0.39 is 0 Å². The van der Waals surface area contributed by atoms with Gasteiger partial charge in [0.15, 0.2) is 0 Å². The second-order valence-corrected chi connectivity index (χ2v) is 7.17. The van der Waals surface area contributed by atoms with Crippen molar-refractivity contribution in [3.8, 4) is 5.75 Å². The zero-order valence-electron chi connectivity index (χ0n) is 17.5. The van der Waals surface area contributed by atoms with Crippen molar-refractivity contribution in [3.05, 3.63) is 65.4 Å². The molecule has 1 unspecified atom stereocenters. The SMILES string of the molecule is CCc1cccc2c(C(CC(=O)NCCCOC)c3cccc(OC)c3)c[nH]c12. The van der Waals surface area contributed by atoms with Crippen LogP contribution < -0.4 is 10.1 Å². The Bertz CT molecular complexity index is 948. The van der Waals surface area contributed by atoms with Crippen LogP contribution in [0.1, 0.15) is 42.4 Å². The third kappa shape index (κ3) is 4.98. The normalized spacial score (nSPS) is 12.1. The first-order valence-electron chi connectivity index (χ1n) is 10.2. The van der Waals surface area contributed by atoms with Gasteiger partial charge in [-0.15, -0.1) is 0 Å². The van der Waals surface area contributed by atoms with E-state index in [0.717, 1.165) is 35.2 Å². The van der Waals surface area contributed by atoms with Gasteiger partial charge in [0.1, 0.15) is 5.75 Å². The Morgan fingerprint density at radius 2 is 2.00 bits per heavy atom. The standard InChI is InChI=1S/C24H30N2O3/c1-4-17-8-6-11-20-22(16-26-24(17)20)21(15-23(27)25-12-7-13-28-2)18-9-5-10-19(14-18)29-3/h5-6,8-11,14,16,21,26H,4,7,12-13,15H2,1-3H3,(H,25,27). The maximum absolute atomic E-state index is 12.7. The average molecular weight is 395 g/mol. The van der Waals surface area contributed by atoms with Crippen molar-refractivity contribution in [2.75, 3.05) is 27.4 Å². The topological polar surface area (TPSA) is 63.4 Å². The first-order valence-corrected chi connectivity index (χ1v) is 10.2. The molecule has 0 aliphatic rings. The molecule has 3 aromatic rings. The van der Waals surface area contributed by atoms with Crippen molar-refractivity contribution >= 4 is 16.8 Å². The fraction of sp³-hybridized carbons (Fsp3) is 0.375. The summed E-state index contributed by atoms with van der Waals surface area (Å²) in [6.07, 6.45) is 4.19. The molecule has 3 rings (SSSR count). The van der Waals surface area contributed by atoms with Crippen molar-refractivity contribution in [2.24, 2.45) is 0 Å². The van der Waals surface area contributed by atoms with Gasteiger partial charge in [0.05, 0.1) is 7.11 Å². The van der Waals surface area contributed by atoms with Crippen LogP contribution in [0.25, 0.3) is 10.9 Å². The number of para-hydroxylation sites is 1. The van der Waals surface area contributed by atoms with Crippen molar-refractivity contribution < 1.29 is 14.3 Å². The van der Waals surface area contributed by atoms with Gasteiger partial charge < -0.3 is 19.8 Å². The number of carbonyl (C=O) groups excluding carboxylic acids is 1. The van der Waals surface area contributed by atoms with Crippen LogP contribution in [0.5, 0.6) is 5.75 Å². The lowest BCUT2D eigenvalue weighted by Gasteiger charge is -2.18. The van der Waals surface area contributed by atoms with Gasteiger partial charge in [-0.2, -0.15) is 0 Å². The molecule has 1 heterocycles. The molecule has 5 nitrogen and oxygen atoms in total. The summed E-state index contributed by atoms with van der Waals surface area (Å²) in [6.45, 7) is 3.41. The Morgan fingerprint density at radius 3 is 2.76 bits per heavy atom. The summed E-state index contributed by atoms with van der Waals surface area (Å²) in [5.74, 6) is 0.769. The first-order chi connectivity index (χ1) is 14.2. The summed E-state index contributed by atoms with van der Waals surface area (Å²) in [5, 5.41) is 4.19. The minimum absolute atomic E-state index is 0.0370. The number of hydrogen-bond donors (Lipinski definition) is 2. The van der Waals surface area contributed by atoms with Gasteiger partial charge in [-0.05, 0) is 41.7 Å². The molecule has 1 amide bonds. The van der Waals surface area contributed by atoms with E-state index in [1.807, 2.05) is 24.4 Å². The Balaban J connectivity index is 1.94. The van der Waals surface area contributed by atoms with Crippen LogP contribution in [0.3, 0.4) is 0 Å². The second kappa shape index (κ2) is 10.1. The molecule has 5 heteroatoms. The van der Waals surface area contributed by atoms with E-state index in [1.165, 1.54) is 10.9 Å². The Kier molecular flexibility index (Phi) is 7.30. The van der Waals surface area contributed by atoms with Crippen molar-refractivity contribution in [1.82, 2.24) is 10.3 Å². The molecule has 2 aromatic carbocycles. The highest BCUT2D eigenvalue weighted by molar-refractivity contribution is 5.88. The minimum Gasteiger partial charge on any atom is -0.497 e. The summed E-state index contributed by atoms with van der Waals surface area (Å²) in [6, 6.07) is 14.3. The summed E-state index contributed by atoms with van der Waals surface area (Å²) < 4.78 is 10.5. The highest BCUT2D eigenvalue weighted by atomic mass is 16.5. The molecule has 0 radical (unpaired) electrons. The largest absolute Gasteiger partial charge is 0.497 e. The predicted molar refractivity (Wildman–Crippen MR) is 117 cm³/mol. The van der Waals surface area contributed by atoms with Crippen LogP contribution >= 0.6 is 0 Å². The molecule has 154 valence electrons. The highest BCUT2D eigenvalue weighted by Gasteiger charge is 2.22. The van der Waals surface area contributed by atoms with Crippen LogP contribution in [0.15, 0.2) is 48.7 Å². The Morgan fingerprint density at radius 1 is 1.17 bits per heavy atom. The van der Waals surface area contributed by atoms with Crippen LogP contribution in [0.4, 0.5) is 0 Å². The summed E-state index contributed by atoms with van der Waals surface area (Å²) >= 11 is 0. The highest BCUT2D eigenvalue weighted by Crippen LogP contribution is 2.35. The Hall–Kier alpha value is -2.79. The molecule has 0 spiro atoms. The second-order valence-electron chi connectivity index (χ2n) is 7.17. The fourth-order valence-corrected chi connectivity index (χ4v) is 3.79. The van der Waals surface area contributed by atoms with Gasteiger partial charge in [0.2, 0.25) is 5.91 Å². The number of aromatic amines is 1. The number of rotatable bonds is 10. The molecule has 1 aromatic heterocycles. The number of amides is 1. The number of hydrogen-bond acceptors (Lipinski definition) is 3. The lowest BCUT2D eigenvalue weighted by atomic mass is 9.87. The molecule has 2 N–H and O–H groups in total. The number of carbonyl (C=O) groups is 1. The lowest BCUT2D eigenvalue weighted by Crippen LogP contribution is -2.27. The van der Waals surface area contributed by atoms with E-state index >= 15 is 0 Å². The van der Waals surface area contributed by atoms with Crippen molar-refractivity contribution in [2.45, 2.75) is 32.1 Å². The molecule has 29 heavy (non-hydrogen) atoms. The maximum Gasteiger partial charge on any atom is 0.220 e. The smallest absolute Gasteiger partial charge is 0.220 e. The number of methoxy groups -OCH3 is 2. The summed E-state index contributed by atoms with van der Waals surface area (Å²) in [4.78, 5) is 16.1. The molecular weight excluding hydrogens is 364 g/mol. The number of nitrogens with one attached hydrogen (secondary N) is 2. The van der Waals surface area contributed by atoms with Crippen molar-refractivity contribution in [1.29, 1.82) is 0 Å². The van der Waals surface area contributed by atoms with Gasteiger partial charge in [-0.25, -0.2) is 0 Å². The van der Waals surface area contributed by atoms with Gasteiger partial charge >= 0.3 is 0 Å². The number of H-pyrrole nitrogens is 1. The number of fused-ring (bicyclic) bond motifs is 1. The predicted octanol–water partition coefficient (Wildman–Crippen LogP) is 4.41. The molecule has 0 aliphatic carbocycles. The third-order valence-electron chi connectivity index (χ3n) is 5.32. The number of aryl methyl sites for hydroxylation is 1. The number of aromatic nitrogens is 1. The van der Waals surface area contributed by atoms with E-state index in [-0.39, 0.29) is 11.8 Å². The van der Waals surface area contributed by atoms with Gasteiger partial charge in [-0.3, -0.25) is 4.79 Å². The van der Waals surface area contributed by atoms with E-state index in [4.69, 9.17) is 9.47 Å². The van der Waals surface area contributed by atoms with Gasteiger partial charge in [0, 0.05) is 49.7 Å². The molecule has 0 fully saturated rings. The van der Waals surface area contributed by atoms with E-state index in [9.17, 15) is 4.79 Å². The molecule has 0 bridgehead atoms. The zero-order valence-corrected chi connectivity index (χ0v) is 17.5. The zero-order chi connectivity index (χ0) is 20.6. The van der Waals surface area contributed by atoms with Crippen LogP contribution in [0.2, 0.25) is 0 Å². The maximum atomic E-state index is 12.7. The fourth-order valence-electron chi connectivity index (χ4n) is 3.79. The molecule has 0 aliphatic heterocycles. The summed E-state index contributed by atoms with van der Waals surface area (Å²) in [5.41, 5.74) is 4.63. The monoisotopic (exact) mass is 394 g/mol. The molecule has 0 saturated carbocycles. The van der Waals surface area contributed by atoms with Crippen molar-refractivity contribution in [3.63, 3.8) is 0 Å².